The highest BCUT2D eigenvalue weighted by atomic mass is 19.1. The zero-order valence-electron chi connectivity index (χ0n) is 8.46. The van der Waals surface area contributed by atoms with Crippen LogP contribution in [0, 0.1) is 5.82 Å². The van der Waals surface area contributed by atoms with Crippen molar-refractivity contribution in [2.45, 2.75) is 0 Å². The van der Waals surface area contributed by atoms with Crippen molar-refractivity contribution in [2.24, 2.45) is 11.6 Å². The van der Waals surface area contributed by atoms with Gasteiger partial charge in [-0.05, 0) is 6.07 Å². The number of halogens is 1. The fraction of sp³-hybridized carbons (Fsp3) is 0. The minimum absolute atomic E-state index is 0.00488. The Morgan fingerprint density at radius 3 is 2.88 bits per heavy atom. The van der Waals surface area contributed by atoms with E-state index in [9.17, 15) is 9.18 Å². The molecule has 0 saturated carbocycles. The first-order valence-electron chi connectivity index (χ1n) is 4.47. The van der Waals surface area contributed by atoms with Gasteiger partial charge in [0.25, 0.3) is 5.91 Å². The molecule has 0 atom stereocenters. The fourth-order valence-electron chi connectivity index (χ4n) is 1.16. The number of hydrazine groups is 1. The summed E-state index contributed by atoms with van der Waals surface area (Å²) >= 11 is 0. The van der Waals surface area contributed by atoms with E-state index in [0.29, 0.717) is 0 Å². The molecule has 9 heteroatoms. The number of carbonyl (C=O) groups excluding carboxylic acids is 1. The molecule has 8 nitrogen and oxygen atoms in total. The predicted octanol–water partition coefficient (Wildman–Crippen LogP) is -0.814. The van der Waals surface area contributed by atoms with Crippen LogP contribution in [0.2, 0.25) is 0 Å². The highest BCUT2D eigenvalue weighted by molar-refractivity contribution is 5.90. The Hall–Kier alpha value is -2.55. The first-order valence-corrected chi connectivity index (χ1v) is 4.47. The molecule has 0 aliphatic rings. The first kappa shape index (κ1) is 11.0. The number of primary amides is 1. The third kappa shape index (κ3) is 2.03. The molecule has 0 fully saturated rings. The van der Waals surface area contributed by atoms with E-state index in [1.807, 2.05) is 0 Å². The van der Waals surface area contributed by atoms with Crippen molar-refractivity contribution in [3.8, 4) is 5.82 Å². The van der Waals surface area contributed by atoms with E-state index in [1.54, 1.807) is 0 Å². The third-order valence-corrected chi connectivity index (χ3v) is 1.91. The zero-order valence-corrected chi connectivity index (χ0v) is 8.46. The van der Waals surface area contributed by atoms with E-state index in [4.69, 9.17) is 11.6 Å². The van der Waals surface area contributed by atoms with Gasteiger partial charge >= 0.3 is 0 Å². The fourth-order valence-corrected chi connectivity index (χ4v) is 1.16. The van der Waals surface area contributed by atoms with E-state index in [2.05, 4.69) is 20.5 Å². The molecule has 88 valence electrons. The van der Waals surface area contributed by atoms with E-state index >= 15 is 0 Å². The molecule has 5 N–H and O–H groups in total. The van der Waals surface area contributed by atoms with Gasteiger partial charge in [-0.1, -0.05) is 0 Å². The van der Waals surface area contributed by atoms with Crippen LogP contribution in [0.25, 0.3) is 5.82 Å². The van der Waals surface area contributed by atoms with Crippen LogP contribution in [0.1, 0.15) is 10.5 Å². The normalized spacial score (nSPS) is 10.2. The van der Waals surface area contributed by atoms with Crippen LogP contribution in [0.5, 0.6) is 0 Å². The quantitative estimate of drug-likeness (QED) is 0.473. The van der Waals surface area contributed by atoms with Crippen LogP contribution >= 0.6 is 0 Å². The molecule has 0 aliphatic carbocycles. The average Bonchev–Trinajstić information content (AvgIpc) is 2.79. The Kier molecular flexibility index (Phi) is 2.66. The standard InChI is InChI=1S/C8H8FN7O/c9-4-3-12-8(14-11)13-7(4)16-2-1-5(15-16)6(10)17/h1-3H,11H2,(H2,10,17)(H,12,13,14). The maximum atomic E-state index is 13.4. The molecule has 0 spiro atoms. The number of anilines is 1. The van der Waals surface area contributed by atoms with E-state index in [-0.39, 0.29) is 17.5 Å². The summed E-state index contributed by atoms with van der Waals surface area (Å²) in [6.45, 7) is 0. The lowest BCUT2D eigenvalue weighted by Gasteiger charge is -2.03. The van der Waals surface area contributed by atoms with Gasteiger partial charge in [0.05, 0.1) is 6.20 Å². The van der Waals surface area contributed by atoms with Crippen molar-refractivity contribution in [2.75, 3.05) is 5.43 Å². The number of aromatic nitrogens is 4. The van der Waals surface area contributed by atoms with E-state index in [1.165, 1.54) is 12.3 Å². The van der Waals surface area contributed by atoms with Gasteiger partial charge in [-0.2, -0.15) is 10.1 Å². The number of nitrogens with one attached hydrogen (secondary N) is 1. The maximum Gasteiger partial charge on any atom is 0.269 e. The van der Waals surface area contributed by atoms with Gasteiger partial charge in [0.15, 0.2) is 11.6 Å². The van der Waals surface area contributed by atoms with Gasteiger partial charge in [0.2, 0.25) is 5.95 Å². The summed E-state index contributed by atoms with van der Waals surface area (Å²) in [6, 6.07) is 1.35. The van der Waals surface area contributed by atoms with Crippen molar-refractivity contribution < 1.29 is 9.18 Å². The van der Waals surface area contributed by atoms with Gasteiger partial charge in [0, 0.05) is 6.20 Å². The summed E-state index contributed by atoms with van der Waals surface area (Å²) in [7, 11) is 0. The molecule has 0 radical (unpaired) electrons. The summed E-state index contributed by atoms with van der Waals surface area (Å²) in [5.74, 6) is 3.57. The van der Waals surface area contributed by atoms with Gasteiger partial charge in [-0.25, -0.2) is 19.9 Å². The van der Waals surface area contributed by atoms with Crippen molar-refractivity contribution in [1.29, 1.82) is 0 Å². The van der Waals surface area contributed by atoms with Crippen LogP contribution in [0.15, 0.2) is 18.5 Å². The second-order valence-corrected chi connectivity index (χ2v) is 3.02. The Morgan fingerprint density at radius 2 is 2.29 bits per heavy atom. The SMILES string of the molecule is NNc1ncc(F)c(-n2ccc(C(N)=O)n2)n1. The largest absolute Gasteiger partial charge is 0.364 e. The number of nitrogens with zero attached hydrogens (tertiary/aromatic N) is 4. The van der Waals surface area contributed by atoms with Crippen molar-refractivity contribution in [3.63, 3.8) is 0 Å². The molecular formula is C8H8FN7O. The molecule has 2 heterocycles. The Balaban J connectivity index is 2.47. The number of hydrogen-bond acceptors (Lipinski definition) is 6. The lowest BCUT2D eigenvalue weighted by atomic mass is 10.4. The van der Waals surface area contributed by atoms with Crippen molar-refractivity contribution in [3.05, 3.63) is 30.0 Å². The highest BCUT2D eigenvalue weighted by Gasteiger charge is 2.12. The van der Waals surface area contributed by atoms with Crippen LogP contribution in [0.4, 0.5) is 10.3 Å². The Bertz CT molecular complexity index is 567. The molecule has 0 bridgehead atoms. The van der Waals surface area contributed by atoms with E-state index in [0.717, 1.165) is 10.9 Å². The van der Waals surface area contributed by atoms with Crippen LogP contribution in [-0.2, 0) is 0 Å². The number of nitrogens with two attached hydrogens (primary N) is 2. The second kappa shape index (κ2) is 4.14. The molecule has 0 aliphatic heterocycles. The molecule has 2 rings (SSSR count). The van der Waals surface area contributed by atoms with Gasteiger partial charge < -0.3 is 5.73 Å². The number of hydrogen-bond donors (Lipinski definition) is 3. The Morgan fingerprint density at radius 1 is 1.53 bits per heavy atom. The summed E-state index contributed by atoms with van der Waals surface area (Å²) in [5, 5.41) is 3.76. The molecule has 2 aromatic rings. The van der Waals surface area contributed by atoms with Crippen molar-refractivity contribution >= 4 is 11.9 Å². The van der Waals surface area contributed by atoms with Gasteiger partial charge in [0.1, 0.15) is 5.69 Å². The zero-order chi connectivity index (χ0) is 12.4. The van der Waals surface area contributed by atoms with Crippen LogP contribution in [0.3, 0.4) is 0 Å². The lowest BCUT2D eigenvalue weighted by Crippen LogP contribution is -2.15. The third-order valence-electron chi connectivity index (χ3n) is 1.91. The van der Waals surface area contributed by atoms with Crippen molar-refractivity contribution in [1.82, 2.24) is 19.7 Å². The molecular weight excluding hydrogens is 229 g/mol. The highest BCUT2D eigenvalue weighted by Crippen LogP contribution is 2.10. The topological polar surface area (TPSA) is 125 Å². The number of amides is 1. The molecule has 2 aromatic heterocycles. The smallest absolute Gasteiger partial charge is 0.269 e. The summed E-state index contributed by atoms with van der Waals surface area (Å²) < 4.78 is 14.5. The molecule has 0 unspecified atom stereocenters. The number of nitrogen functional groups attached to an aromatic ring is 1. The molecule has 0 saturated heterocycles. The maximum absolute atomic E-state index is 13.4. The number of rotatable bonds is 3. The minimum Gasteiger partial charge on any atom is -0.364 e. The number of carbonyl (C=O) groups is 1. The van der Waals surface area contributed by atoms with Crippen LogP contribution in [-0.4, -0.2) is 25.7 Å². The van der Waals surface area contributed by atoms with Gasteiger partial charge in [-0.3, -0.25) is 10.2 Å². The predicted molar refractivity (Wildman–Crippen MR) is 55.4 cm³/mol. The molecule has 17 heavy (non-hydrogen) atoms. The minimum atomic E-state index is -0.713. The lowest BCUT2D eigenvalue weighted by molar-refractivity contribution is 0.0995. The second-order valence-electron chi connectivity index (χ2n) is 3.02. The van der Waals surface area contributed by atoms with Gasteiger partial charge in [-0.15, -0.1) is 0 Å². The summed E-state index contributed by atoms with van der Waals surface area (Å²) in [4.78, 5) is 18.2. The van der Waals surface area contributed by atoms with Crippen LogP contribution < -0.4 is 17.0 Å². The monoisotopic (exact) mass is 237 g/mol. The summed E-state index contributed by atoms with van der Waals surface area (Å²) in [6.07, 6.45) is 2.29. The van der Waals surface area contributed by atoms with E-state index < -0.39 is 11.7 Å². The molecule has 0 aromatic carbocycles. The molecule has 1 amide bonds. The summed E-state index contributed by atoms with van der Waals surface area (Å²) in [5.41, 5.74) is 7.20. The first-order chi connectivity index (χ1) is 8.11. The Labute approximate surface area is 94.4 Å². The average molecular weight is 237 g/mol.